The van der Waals surface area contributed by atoms with Crippen LogP contribution in [-0.4, -0.2) is 31.4 Å². The Morgan fingerprint density at radius 3 is 2.59 bits per heavy atom. The number of nitrogens with one attached hydrogen (secondary N) is 1. The molecule has 0 radical (unpaired) electrons. The Bertz CT molecular complexity index is 639. The Labute approximate surface area is 132 Å². The molecule has 3 N–H and O–H groups in total. The fourth-order valence-electron chi connectivity index (χ4n) is 2.80. The van der Waals surface area contributed by atoms with E-state index in [1.165, 1.54) is 4.31 Å². The van der Waals surface area contributed by atoms with Crippen LogP contribution in [0.5, 0.6) is 5.75 Å². The molecule has 0 fully saturated rings. The zero-order chi connectivity index (χ0) is 16.5. The zero-order valence-electron chi connectivity index (χ0n) is 13.6. The van der Waals surface area contributed by atoms with Crippen LogP contribution in [0.25, 0.3) is 0 Å². The summed E-state index contributed by atoms with van der Waals surface area (Å²) in [6.07, 6.45) is 0.546. The number of anilines is 1. The summed E-state index contributed by atoms with van der Waals surface area (Å²) in [5, 5.41) is 0. The predicted octanol–water partition coefficient (Wildman–Crippen LogP) is 2.05. The van der Waals surface area contributed by atoms with Crippen molar-refractivity contribution in [1.29, 1.82) is 0 Å². The van der Waals surface area contributed by atoms with Crippen molar-refractivity contribution in [2.75, 3.05) is 18.8 Å². The zero-order valence-corrected chi connectivity index (χ0v) is 14.4. The molecule has 0 saturated carbocycles. The normalized spacial score (nSPS) is 20.5. The minimum atomic E-state index is -3.54. The van der Waals surface area contributed by atoms with Crippen LogP contribution >= 0.6 is 0 Å². The second-order valence-electron chi connectivity index (χ2n) is 6.12. The number of nitrogens with two attached hydrogens (primary N) is 1. The molecule has 0 aromatic heterocycles. The summed E-state index contributed by atoms with van der Waals surface area (Å²) in [7, 11) is -3.54. The quantitative estimate of drug-likeness (QED) is 0.811. The van der Waals surface area contributed by atoms with E-state index in [0.717, 1.165) is 5.56 Å². The molecule has 124 valence electrons. The van der Waals surface area contributed by atoms with Crippen molar-refractivity contribution < 1.29 is 13.2 Å². The van der Waals surface area contributed by atoms with Gasteiger partial charge in [0.2, 0.25) is 0 Å². The summed E-state index contributed by atoms with van der Waals surface area (Å²) in [5.74, 6) is 0.678. The lowest BCUT2D eigenvalue weighted by molar-refractivity contribution is 0.0699. The first-order chi connectivity index (χ1) is 10.2. The van der Waals surface area contributed by atoms with E-state index >= 15 is 0 Å². The van der Waals surface area contributed by atoms with Crippen molar-refractivity contribution in [1.82, 2.24) is 9.03 Å². The highest BCUT2D eigenvalue weighted by molar-refractivity contribution is 7.87. The molecule has 1 aromatic rings. The SMILES string of the molecule is CCN(CC)S(=O)(=O)NC1CC(C)(C)Oc2ccc(N)cc21. The Balaban J connectivity index is 2.37. The van der Waals surface area contributed by atoms with E-state index in [1.807, 2.05) is 27.7 Å². The highest BCUT2D eigenvalue weighted by Crippen LogP contribution is 2.40. The van der Waals surface area contributed by atoms with Gasteiger partial charge in [-0.15, -0.1) is 0 Å². The van der Waals surface area contributed by atoms with Gasteiger partial charge in [-0.3, -0.25) is 0 Å². The molecule has 0 aliphatic carbocycles. The molecule has 0 amide bonds. The predicted molar refractivity (Wildman–Crippen MR) is 87.9 cm³/mol. The van der Waals surface area contributed by atoms with E-state index in [-0.39, 0.29) is 6.04 Å². The molecular formula is C15H25N3O3S. The molecule has 22 heavy (non-hydrogen) atoms. The summed E-state index contributed by atoms with van der Waals surface area (Å²) >= 11 is 0. The lowest BCUT2D eigenvalue weighted by atomic mass is 9.90. The third-order valence-corrected chi connectivity index (χ3v) is 5.61. The monoisotopic (exact) mass is 327 g/mol. The van der Waals surface area contributed by atoms with E-state index in [9.17, 15) is 8.42 Å². The molecule has 0 saturated heterocycles. The summed E-state index contributed by atoms with van der Waals surface area (Å²) in [6.45, 7) is 8.41. The van der Waals surface area contributed by atoms with Gasteiger partial charge < -0.3 is 10.5 Å². The number of fused-ring (bicyclic) bond motifs is 1. The number of hydrogen-bond donors (Lipinski definition) is 2. The molecule has 1 aliphatic rings. The van der Waals surface area contributed by atoms with E-state index < -0.39 is 15.8 Å². The summed E-state index contributed by atoms with van der Waals surface area (Å²) in [4.78, 5) is 0. The van der Waals surface area contributed by atoms with Gasteiger partial charge in [-0.05, 0) is 32.0 Å². The first kappa shape index (κ1) is 17.1. The summed E-state index contributed by atoms with van der Waals surface area (Å²) in [5.41, 5.74) is 6.78. The highest BCUT2D eigenvalue weighted by atomic mass is 32.2. The lowest BCUT2D eigenvalue weighted by Crippen LogP contribution is -2.46. The van der Waals surface area contributed by atoms with Gasteiger partial charge in [0.25, 0.3) is 10.2 Å². The molecule has 1 atom stereocenters. The number of hydrogen-bond acceptors (Lipinski definition) is 4. The van der Waals surface area contributed by atoms with E-state index in [2.05, 4.69) is 4.72 Å². The third kappa shape index (κ3) is 3.53. The fraction of sp³-hybridized carbons (Fsp3) is 0.600. The van der Waals surface area contributed by atoms with Crippen LogP contribution < -0.4 is 15.2 Å². The van der Waals surface area contributed by atoms with E-state index in [0.29, 0.717) is 30.9 Å². The molecule has 1 unspecified atom stereocenters. The van der Waals surface area contributed by atoms with Gasteiger partial charge in [0.1, 0.15) is 11.4 Å². The van der Waals surface area contributed by atoms with Crippen molar-refractivity contribution in [3.05, 3.63) is 23.8 Å². The maximum Gasteiger partial charge on any atom is 0.279 e. The van der Waals surface area contributed by atoms with Gasteiger partial charge in [-0.1, -0.05) is 13.8 Å². The number of rotatable bonds is 5. The van der Waals surface area contributed by atoms with Crippen LogP contribution in [0.3, 0.4) is 0 Å². The molecular weight excluding hydrogens is 302 g/mol. The van der Waals surface area contributed by atoms with Crippen LogP contribution in [0, 0.1) is 0 Å². The Kier molecular flexibility index (Phi) is 4.70. The third-order valence-electron chi connectivity index (χ3n) is 3.83. The Morgan fingerprint density at radius 2 is 2.00 bits per heavy atom. The van der Waals surface area contributed by atoms with E-state index in [4.69, 9.17) is 10.5 Å². The molecule has 2 rings (SSSR count). The smallest absolute Gasteiger partial charge is 0.279 e. The van der Waals surface area contributed by atoms with Gasteiger partial charge in [-0.2, -0.15) is 17.4 Å². The van der Waals surface area contributed by atoms with Crippen LogP contribution in [-0.2, 0) is 10.2 Å². The minimum absolute atomic E-state index is 0.354. The lowest BCUT2D eigenvalue weighted by Gasteiger charge is -2.38. The van der Waals surface area contributed by atoms with Gasteiger partial charge in [0, 0.05) is 30.8 Å². The fourth-order valence-corrected chi connectivity index (χ4v) is 4.19. The van der Waals surface area contributed by atoms with Crippen LogP contribution in [0.4, 0.5) is 5.69 Å². The Hall–Kier alpha value is -1.31. The van der Waals surface area contributed by atoms with Crippen molar-refractivity contribution in [3.8, 4) is 5.75 Å². The molecule has 1 heterocycles. The molecule has 0 bridgehead atoms. The molecule has 1 aliphatic heterocycles. The number of ether oxygens (including phenoxy) is 1. The number of nitrogens with zero attached hydrogens (tertiary/aromatic N) is 1. The average Bonchev–Trinajstić information content (AvgIpc) is 2.39. The first-order valence-corrected chi connectivity index (χ1v) is 8.98. The standard InChI is InChI=1S/C15H25N3O3S/c1-5-18(6-2)22(19,20)17-13-10-15(3,4)21-14-8-7-11(16)9-12(13)14/h7-9,13,17H,5-6,10,16H2,1-4H3. The molecule has 7 heteroatoms. The largest absolute Gasteiger partial charge is 0.487 e. The van der Waals surface area contributed by atoms with Crippen LogP contribution in [0.1, 0.15) is 45.7 Å². The molecule has 0 spiro atoms. The van der Waals surface area contributed by atoms with Crippen LogP contribution in [0.2, 0.25) is 0 Å². The van der Waals surface area contributed by atoms with Gasteiger partial charge >= 0.3 is 0 Å². The first-order valence-electron chi connectivity index (χ1n) is 7.54. The second-order valence-corrected chi connectivity index (χ2v) is 7.83. The number of benzene rings is 1. The number of nitrogen functional groups attached to an aromatic ring is 1. The van der Waals surface area contributed by atoms with Gasteiger partial charge in [0.15, 0.2) is 0 Å². The van der Waals surface area contributed by atoms with Gasteiger partial charge in [0.05, 0.1) is 6.04 Å². The topological polar surface area (TPSA) is 84.7 Å². The van der Waals surface area contributed by atoms with Crippen molar-refractivity contribution in [2.24, 2.45) is 0 Å². The minimum Gasteiger partial charge on any atom is -0.487 e. The maximum absolute atomic E-state index is 12.5. The summed E-state index contributed by atoms with van der Waals surface area (Å²) < 4.78 is 35.2. The highest BCUT2D eigenvalue weighted by Gasteiger charge is 2.36. The molecule has 1 aromatic carbocycles. The maximum atomic E-state index is 12.5. The van der Waals surface area contributed by atoms with E-state index in [1.54, 1.807) is 18.2 Å². The Morgan fingerprint density at radius 1 is 1.36 bits per heavy atom. The van der Waals surface area contributed by atoms with Crippen molar-refractivity contribution in [2.45, 2.75) is 45.8 Å². The van der Waals surface area contributed by atoms with Gasteiger partial charge in [-0.25, -0.2) is 0 Å². The van der Waals surface area contributed by atoms with Crippen LogP contribution in [0.15, 0.2) is 18.2 Å². The molecule has 6 nitrogen and oxygen atoms in total. The average molecular weight is 327 g/mol. The summed E-state index contributed by atoms with van der Waals surface area (Å²) in [6, 6.07) is 4.98. The second kappa shape index (κ2) is 6.06. The van der Waals surface area contributed by atoms with Crippen molar-refractivity contribution >= 4 is 15.9 Å². The van der Waals surface area contributed by atoms with Crippen molar-refractivity contribution in [3.63, 3.8) is 0 Å².